The standard InChI is InChI=1S/C11H15FN2O4S2/c1-19(15,16)11-3-2-9(6-10(11)12)20(17,18)14-5-4-8(13)7-14/h2-3,6,8H,4-5,7,13H2,1H3/t8-/m0/s1. The molecule has 0 saturated carbocycles. The Morgan fingerprint density at radius 1 is 1.30 bits per heavy atom. The van der Waals surface area contributed by atoms with Gasteiger partial charge in [-0.1, -0.05) is 0 Å². The van der Waals surface area contributed by atoms with Gasteiger partial charge in [0.15, 0.2) is 9.84 Å². The monoisotopic (exact) mass is 322 g/mol. The van der Waals surface area contributed by atoms with E-state index in [2.05, 4.69) is 0 Å². The molecule has 0 amide bonds. The zero-order valence-corrected chi connectivity index (χ0v) is 12.4. The maximum atomic E-state index is 13.8. The van der Waals surface area contributed by atoms with E-state index in [0.29, 0.717) is 6.42 Å². The molecule has 2 N–H and O–H groups in total. The predicted octanol–water partition coefficient (Wildman–Crippen LogP) is -0.0491. The van der Waals surface area contributed by atoms with Crippen molar-refractivity contribution in [2.45, 2.75) is 22.3 Å². The van der Waals surface area contributed by atoms with Crippen LogP contribution in [0.25, 0.3) is 0 Å². The second-order valence-electron chi connectivity index (χ2n) is 4.78. The molecular formula is C11H15FN2O4S2. The van der Waals surface area contributed by atoms with Crippen LogP contribution in [-0.4, -0.2) is 46.5 Å². The van der Waals surface area contributed by atoms with Gasteiger partial charge in [0, 0.05) is 25.4 Å². The first-order valence-corrected chi connectivity index (χ1v) is 9.21. The fraction of sp³-hybridized carbons (Fsp3) is 0.455. The van der Waals surface area contributed by atoms with Gasteiger partial charge in [0.2, 0.25) is 10.0 Å². The van der Waals surface area contributed by atoms with Crippen LogP contribution in [0.3, 0.4) is 0 Å². The first-order valence-electron chi connectivity index (χ1n) is 5.88. The molecule has 112 valence electrons. The molecular weight excluding hydrogens is 307 g/mol. The smallest absolute Gasteiger partial charge is 0.243 e. The molecule has 1 atom stereocenters. The number of nitrogens with two attached hydrogens (primary N) is 1. The highest BCUT2D eigenvalue weighted by Gasteiger charge is 2.31. The summed E-state index contributed by atoms with van der Waals surface area (Å²) in [6.45, 7) is 0.455. The summed E-state index contributed by atoms with van der Waals surface area (Å²) in [5.41, 5.74) is 5.65. The summed E-state index contributed by atoms with van der Waals surface area (Å²) in [4.78, 5) is -0.786. The van der Waals surface area contributed by atoms with Crippen molar-refractivity contribution in [1.82, 2.24) is 4.31 Å². The zero-order chi connectivity index (χ0) is 15.1. The molecule has 1 aromatic rings. The van der Waals surface area contributed by atoms with Crippen LogP contribution in [0.15, 0.2) is 28.0 Å². The average Bonchev–Trinajstić information content (AvgIpc) is 2.74. The van der Waals surface area contributed by atoms with Gasteiger partial charge in [-0.15, -0.1) is 0 Å². The van der Waals surface area contributed by atoms with Gasteiger partial charge < -0.3 is 5.73 Å². The quantitative estimate of drug-likeness (QED) is 0.841. The molecule has 1 aliphatic heterocycles. The van der Waals surface area contributed by atoms with Gasteiger partial charge in [0.1, 0.15) is 10.7 Å². The highest BCUT2D eigenvalue weighted by Crippen LogP contribution is 2.24. The second kappa shape index (κ2) is 5.06. The van der Waals surface area contributed by atoms with Crippen LogP contribution in [0.2, 0.25) is 0 Å². The first kappa shape index (κ1) is 15.4. The molecule has 0 spiro atoms. The summed E-state index contributed by atoms with van der Waals surface area (Å²) in [6.07, 6.45) is 1.40. The van der Waals surface area contributed by atoms with Crippen molar-refractivity contribution in [3.05, 3.63) is 24.0 Å². The zero-order valence-electron chi connectivity index (χ0n) is 10.8. The Morgan fingerprint density at radius 2 is 1.95 bits per heavy atom. The molecule has 0 unspecified atom stereocenters. The molecule has 1 aliphatic rings. The highest BCUT2D eigenvalue weighted by molar-refractivity contribution is 7.90. The van der Waals surface area contributed by atoms with Crippen molar-refractivity contribution in [1.29, 1.82) is 0 Å². The minimum absolute atomic E-state index is 0.178. The summed E-state index contributed by atoms with van der Waals surface area (Å²) >= 11 is 0. The minimum atomic E-state index is -3.84. The molecule has 1 saturated heterocycles. The summed E-state index contributed by atoms with van der Waals surface area (Å²) in [5.74, 6) is -1.07. The van der Waals surface area contributed by atoms with Crippen molar-refractivity contribution in [3.63, 3.8) is 0 Å². The Kier molecular flexibility index (Phi) is 3.89. The van der Waals surface area contributed by atoms with E-state index in [-0.39, 0.29) is 24.0 Å². The largest absolute Gasteiger partial charge is 0.326 e. The molecule has 1 fully saturated rings. The maximum absolute atomic E-state index is 13.8. The number of sulfone groups is 1. The van der Waals surface area contributed by atoms with E-state index >= 15 is 0 Å². The molecule has 1 aromatic carbocycles. The Hall–Kier alpha value is -1.03. The van der Waals surface area contributed by atoms with Crippen LogP contribution in [0.4, 0.5) is 4.39 Å². The summed E-state index contributed by atoms with van der Waals surface area (Å²) < 4.78 is 62.0. The first-order chi connectivity index (χ1) is 9.12. The Labute approximate surface area is 117 Å². The van der Waals surface area contributed by atoms with Crippen LogP contribution in [0.5, 0.6) is 0 Å². The lowest BCUT2D eigenvalue weighted by molar-refractivity contribution is 0.471. The van der Waals surface area contributed by atoms with E-state index in [1.807, 2.05) is 0 Å². The molecule has 0 aromatic heterocycles. The number of benzene rings is 1. The lowest BCUT2D eigenvalue weighted by Crippen LogP contribution is -2.32. The lowest BCUT2D eigenvalue weighted by Gasteiger charge is -2.16. The molecule has 0 bridgehead atoms. The summed E-state index contributed by atoms with van der Waals surface area (Å²) in [6, 6.07) is 2.56. The van der Waals surface area contributed by atoms with E-state index in [0.717, 1.165) is 24.5 Å². The Bertz CT molecular complexity index is 731. The molecule has 9 heteroatoms. The Morgan fingerprint density at radius 3 is 2.40 bits per heavy atom. The number of nitrogens with zero attached hydrogens (tertiary/aromatic N) is 1. The molecule has 20 heavy (non-hydrogen) atoms. The summed E-state index contributed by atoms with van der Waals surface area (Å²) in [5, 5.41) is 0. The van der Waals surface area contributed by atoms with Gasteiger partial charge in [0.25, 0.3) is 0 Å². The van der Waals surface area contributed by atoms with Crippen molar-refractivity contribution in [2.75, 3.05) is 19.3 Å². The number of rotatable bonds is 3. The molecule has 0 aliphatic carbocycles. The fourth-order valence-corrected chi connectivity index (χ4v) is 4.32. The van der Waals surface area contributed by atoms with Gasteiger partial charge in [0.05, 0.1) is 4.90 Å². The van der Waals surface area contributed by atoms with Crippen LogP contribution in [0.1, 0.15) is 6.42 Å². The average molecular weight is 322 g/mol. The van der Waals surface area contributed by atoms with E-state index in [1.54, 1.807) is 0 Å². The third kappa shape index (κ3) is 2.85. The SMILES string of the molecule is CS(=O)(=O)c1ccc(S(=O)(=O)N2CC[C@H](N)C2)cc1F. The molecule has 0 radical (unpaired) electrons. The minimum Gasteiger partial charge on any atom is -0.326 e. The number of hydrogen-bond donors (Lipinski definition) is 1. The van der Waals surface area contributed by atoms with Crippen molar-refractivity contribution in [2.24, 2.45) is 5.73 Å². The Balaban J connectivity index is 2.42. The third-order valence-corrected chi connectivity index (χ3v) is 6.12. The van der Waals surface area contributed by atoms with Crippen LogP contribution in [0, 0.1) is 5.82 Å². The number of halogens is 1. The molecule has 1 heterocycles. The van der Waals surface area contributed by atoms with Gasteiger partial charge >= 0.3 is 0 Å². The molecule has 6 nitrogen and oxygen atoms in total. The van der Waals surface area contributed by atoms with Gasteiger partial charge in [-0.3, -0.25) is 0 Å². The predicted molar refractivity (Wildman–Crippen MR) is 70.9 cm³/mol. The van der Waals surface area contributed by atoms with Crippen LogP contribution < -0.4 is 5.73 Å². The topological polar surface area (TPSA) is 97.5 Å². The van der Waals surface area contributed by atoms with Gasteiger partial charge in [-0.25, -0.2) is 21.2 Å². The molecule has 2 rings (SSSR count). The third-order valence-electron chi connectivity index (χ3n) is 3.13. The van der Waals surface area contributed by atoms with E-state index in [1.165, 1.54) is 4.31 Å². The normalized spacial score (nSPS) is 21.2. The van der Waals surface area contributed by atoms with Crippen molar-refractivity contribution < 1.29 is 21.2 Å². The van der Waals surface area contributed by atoms with Crippen molar-refractivity contribution in [3.8, 4) is 0 Å². The number of sulfonamides is 1. The van der Waals surface area contributed by atoms with E-state index < -0.39 is 30.6 Å². The second-order valence-corrected chi connectivity index (χ2v) is 8.70. The van der Waals surface area contributed by atoms with Gasteiger partial charge in [-0.2, -0.15) is 4.31 Å². The van der Waals surface area contributed by atoms with E-state index in [9.17, 15) is 21.2 Å². The maximum Gasteiger partial charge on any atom is 0.243 e. The lowest BCUT2D eigenvalue weighted by atomic mass is 10.3. The van der Waals surface area contributed by atoms with Gasteiger partial charge in [-0.05, 0) is 24.6 Å². The van der Waals surface area contributed by atoms with E-state index in [4.69, 9.17) is 5.73 Å². The summed E-state index contributed by atoms with van der Waals surface area (Å²) in [7, 11) is -7.56. The van der Waals surface area contributed by atoms with Crippen LogP contribution in [-0.2, 0) is 19.9 Å². The number of hydrogen-bond acceptors (Lipinski definition) is 5. The van der Waals surface area contributed by atoms with Crippen LogP contribution >= 0.6 is 0 Å². The highest BCUT2D eigenvalue weighted by atomic mass is 32.2. The van der Waals surface area contributed by atoms with Crippen molar-refractivity contribution >= 4 is 19.9 Å². The fourth-order valence-electron chi connectivity index (χ4n) is 2.06.